The van der Waals surface area contributed by atoms with Crippen molar-refractivity contribution in [3.63, 3.8) is 0 Å². The summed E-state index contributed by atoms with van der Waals surface area (Å²) in [7, 11) is -9.83. The van der Waals surface area contributed by atoms with Crippen LogP contribution in [0.4, 0.5) is 0 Å². The van der Waals surface area contributed by atoms with Crippen LogP contribution in [0.3, 0.4) is 0 Å². The Balaban J connectivity index is 4.79. The quantitative estimate of drug-likeness (QED) is 0.0146. The minimum Gasteiger partial charge on any atom is -0.463 e. The van der Waals surface area contributed by atoms with Crippen molar-refractivity contribution in [1.29, 1.82) is 0 Å². The Morgan fingerprint density at radius 1 is 0.272 bits per heavy atom. The van der Waals surface area contributed by atoms with E-state index >= 15 is 0 Å². The Hall–Kier alpha value is -5.61. The zero-order valence-corrected chi connectivity index (χ0v) is 65.2. The van der Waals surface area contributed by atoms with Gasteiger partial charge in [0, 0.05) is 19.3 Å². The fourth-order valence-electron chi connectivity index (χ4n) is 9.51. The summed E-state index contributed by atoms with van der Waals surface area (Å²) >= 11 is 0. The smallest absolute Gasteiger partial charge is 0.463 e. The summed E-state index contributed by atoms with van der Waals surface area (Å²) in [6.07, 6.45) is 98.9. The second-order valence-electron chi connectivity index (χ2n) is 25.0. The van der Waals surface area contributed by atoms with Gasteiger partial charge in [0.25, 0.3) is 0 Å². The number of esters is 3. The molecule has 0 saturated heterocycles. The first kappa shape index (κ1) is 97.4. The number of carbonyl (C=O) groups is 3. The van der Waals surface area contributed by atoms with Crippen LogP contribution in [0.1, 0.15) is 265 Å². The molecule has 0 aromatic heterocycles. The number of aliphatic hydroxyl groups excluding tert-OH is 2. The van der Waals surface area contributed by atoms with Gasteiger partial charge in [-0.05, 0) is 161 Å². The molecule has 16 nitrogen and oxygen atoms in total. The van der Waals surface area contributed by atoms with Crippen LogP contribution in [0.2, 0.25) is 0 Å². The third kappa shape index (κ3) is 77.3. The minimum atomic E-state index is -4.96. The van der Waals surface area contributed by atoms with E-state index in [-0.39, 0.29) is 19.3 Å². The van der Waals surface area contributed by atoms with E-state index < -0.39 is 91.5 Å². The largest absolute Gasteiger partial charge is 0.472 e. The Morgan fingerprint density at radius 2 is 0.485 bits per heavy atom. The zero-order valence-electron chi connectivity index (χ0n) is 63.4. The SMILES string of the molecule is CC/C=C\C/C=C\C/C=C\C/C=C\C/C=C\C/C=C\CCCCC(=O)OC(COC(=O)CCCCCCCCC/C=C\C/C=C\C/C=C\C/C=C\C/C=C\CC)COP(=O)(O)OCC(O)COP(=O)(O)OCC(O)COC(=O)CCCCCCCCC/C=C\C/C=C\C/C=C\C/C=C\C/C=C\CC. The fraction of sp³-hybridized carbons (Fsp3) is 0.588. The Kier molecular flexibility index (Phi) is 71.9. The van der Waals surface area contributed by atoms with Crippen molar-refractivity contribution in [2.75, 3.05) is 39.6 Å². The van der Waals surface area contributed by atoms with Crippen molar-refractivity contribution in [3.8, 4) is 0 Å². The van der Waals surface area contributed by atoms with Crippen LogP contribution in [0.5, 0.6) is 0 Å². The molecule has 0 spiro atoms. The molecule has 0 rings (SSSR count). The number of unbranched alkanes of at least 4 members (excludes halogenated alkanes) is 16. The van der Waals surface area contributed by atoms with Gasteiger partial charge in [-0.3, -0.25) is 32.5 Å². The molecule has 0 fully saturated rings. The summed E-state index contributed by atoms with van der Waals surface area (Å²) in [5, 5.41) is 20.6. The summed E-state index contributed by atoms with van der Waals surface area (Å²) in [6.45, 7) is 2.23. The van der Waals surface area contributed by atoms with Crippen molar-refractivity contribution in [2.45, 2.75) is 283 Å². The van der Waals surface area contributed by atoms with Gasteiger partial charge in [-0.25, -0.2) is 9.13 Å². The van der Waals surface area contributed by atoms with Gasteiger partial charge in [0.2, 0.25) is 0 Å². The van der Waals surface area contributed by atoms with Crippen molar-refractivity contribution in [2.24, 2.45) is 0 Å². The molecule has 18 heteroatoms. The molecule has 0 aromatic carbocycles. The molecule has 103 heavy (non-hydrogen) atoms. The van der Waals surface area contributed by atoms with Crippen LogP contribution < -0.4 is 0 Å². The van der Waals surface area contributed by atoms with E-state index in [1.54, 1.807) is 0 Å². The molecule has 0 aliphatic heterocycles. The van der Waals surface area contributed by atoms with Crippen LogP contribution in [-0.4, -0.2) is 95.9 Å². The highest BCUT2D eigenvalue weighted by Gasteiger charge is 2.29. The van der Waals surface area contributed by atoms with E-state index in [0.717, 1.165) is 199 Å². The maximum atomic E-state index is 13.0. The predicted octanol–water partition coefficient (Wildman–Crippen LogP) is 22.8. The first-order chi connectivity index (χ1) is 50.2. The van der Waals surface area contributed by atoms with E-state index in [0.29, 0.717) is 25.7 Å². The number of hydrogen-bond donors (Lipinski definition) is 4. The van der Waals surface area contributed by atoms with Crippen LogP contribution in [-0.2, 0) is 55.8 Å². The average Bonchev–Trinajstić information content (AvgIpc) is 0.938. The van der Waals surface area contributed by atoms with E-state index in [9.17, 15) is 43.5 Å². The first-order valence-corrected chi connectivity index (χ1v) is 41.7. The van der Waals surface area contributed by atoms with Crippen LogP contribution in [0, 0.1) is 0 Å². The second kappa shape index (κ2) is 76.1. The molecular formula is C85H136O16P2. The first-order valence-electron chi connectivity index (χ1n) is 38.7. The standard InChI is InChI=1S/C85H136O16P2/c1-4-7-10-13-16-19-22-25-28-31-34-37-39-42-44-47-50-53-56-59-62-65-68-71-83(88)95-74-80(86)75-97-102(91,92)98-76-81(87)77-99-103(93,94)100-79-82(101-85(90)73-70-67-64-61-58-55-52-49-46-41-36-33-30-27-24-21-18-15-12-9-6-3)78-96-84(89)72-69-66-63-60-57-54-51-48-45-43-40-38-35-32-29-26-23-20-17-14-11-8-5-2/h7-12,16-21,25-30,34-38,41-45,49,52,58,61,80-82,86-87H,4-6,13-15,22-24,31-33,39-40,46-48,50-51,53-57,59-60,62-79H2,1-3H3,(H,91,92)(H,93,94)/b10-7-,11-8-,12-9-,19-16-,20-17-,21-18-,28-25-,29-26-,30-27-,37-34-,38-35-,41-36-,44-42-,45-43-,52-49-,61-58-. The van der Waals surface area contributed by atoms with Gasteiger partial charge in [-0.15, -0.1) is 0 Å². The summed E-state index contributed by atoms with van der Waals surface area (Å²) in [4.78, 5) is 58.7. The lowest BCUT2D eigenvalue weighted by Crippen LogP contribution is -2.30. The topological polar surface area (TPSA) is 231 Å². The van der Waals surface area contributed by atoms with E-state index in [1.807, 2.05) is 0 Å². The van der Waals surface area contributed by atoms with Crippen molar-refractivity contribution in [1.82, 2.24) is 0 Å². The fourth-order valence-corrected chi connectivity index (χ4v) is 11.1. The third-order valence-electron chi connectivity index (χ3n) is 15.3. The van der Waals surface area contributed by atoms with Gasteiger partial charge in [0.05, 0.1) is 26.4 Å². The van der Waals surface area contributed by atoms with Gasteiger partial charge in [-0.1, -0.05) is 279 Å². The van der Waals surface area contributed by atoms with E-state index in [2.05, 4.69) is 215 Å². The molecule has 5 atom stereocenters. The lowest BCUT2D eigenvalue weighted by atomic mass is 10.1. The summed E-state index contributed by atoms with van der Waals surface area (Å²) in [5.74, 6) is -1.66. The monoisotopic (exact) mass is 1470 g/mol. The van der Waals surface area contributed by atoms with Gasteiger partial charge in [0.15, 0.2) is 6.10 Å². The Morgan fingerprint density at radius 3 is 0.786 bits per heavy atom. The van der Waals surface area contributed by atoms with Crippen molar-refractivity contribution >= 4 is 33.6 Å². The van der Waals surface area contributed by atoms with E-state index in [4.69, 9.17) is 32.3 Å². The molecule has 0 heterocycles. The maximum Gasteiger partial charge on any atom is 0.472 e. The van der Waals surface area contributed by atoms with E-state index in [1.165, 1.54) is 0 Å². The van der Waals surface area contributed by atoms with Crippen molar-refractivity contribution < 1.29 is 75.8 Å². The molecule has 0 radical (unpaired) electrons. The molecule has 0 aromatic rings. The van der Waals surface area contributed by atoms with Crippen LogP contribution >= 0.6 is 15.6 Å². The number of allylic oxidation sites excluding steroid dienone is 32. The number of phosphoric ester groups is 2. The van der Waals surface area contributed by atoms with Crippen LogP contribution in [0.25, 0.3) is 0 Å². The van der Waals surface area contributed by atoms with Gasteiger partial charge in [0.1, 0.15) is 25.4 Å². The number of carbonyl (C=O) groups excluding carboxylic acids is 3. The molecule has 5 unspecified atom stereocenters. The highest BCUT2D eigenvalue weighted by molar-refractivity contribution is 7.47. The third-order valence-corrected chi connectivity index (χ3v) is 17.2. The second-order valence-corrected chi connectivity index (χ2v) is 27.9. The van der Waals surface area contributed by atoms with Crippen LogP contribution in [0.15, 0.2) is 194 Å². The number of hydrogen-bond acceptors (Lipinski definition) is 14. The summed E-state index contributed by atoms with van der Waals surface area (Å²) in [5.41, 5.74) is 0. The van der Waals surface area contributed by atoms with Crippen molar-refractivity contribution in [3.05, 3.63) is 194 Å². The van der Waals surface area contributed by atoms with Gasteiger partial charge < -0.3 is 34.2 Å². The normalized spacial score (nSPS) is 15.1. The number of phosphoric acid groups is 2. The molecule has 0 aliphatic rings. The zero-order chi connectivity index (χ0) is 75.2. The molecule has 0 bridgehead atoms. The van der Waals surface area contributed by atoms with Gasteiger partial charge >= 0.3 is 33.6 Å². The average molecular weight is 1480 g/mol. The minimum absolute atomic E-state index is 0.0380. The lowest BCUT2D eigenvalue weighted by molar-refractivity contribution is -0.161. The number of aliphatic hydroxyl groups is 2. The molecule has 582 valence electrons. The Bertz CT molecular complexity index is 2650. The molecular weight excluding hydrogens is 1340 g/mol. The molecule has 0 saturated carbocycles. The summed E-state index contributed by atoms with van der Waals surface area (Å²) < 4.78 is 61.1. The molecule has 0 aliphatic carbocycles. The van der Waals surface area contributed by atoms with Gasteiger partial charge in [-0.2, -0.15) is 0 Å². The molecule has 4 N–H and O–H groups in total. The Labute approximate surface area is 623 Å². The highest BCUT2D eigenvalue weighted by atomic mass is 31.2. The summed E-state index contributed by atoms with van der Waals surface area (Å²) in [6, 6.07) is 0. The maximum absolute atomic E-state index is 13.0. The number of rotatable bonds is 71. The highest BCUT2D eigenvalue weighted by Crippen LogP contribution is 2.45. The lowest BCUT2D eigenvalue weighted by Gasteiger charge is -2.21. The molecule has 0 amide bonds. The predicted molar refractivity (Wildman–Crippen MR) is 426 cm³/mol. The number of ether oxygens (including phenoxy) is 3.